The van der Waals surface area contributed by atoms with Crippen LogP contribution in [0.15, 0.2) is 72.8 Å². The first-order valence-corrected chi connectivity index (χ1v) is 12.9. The monoisotopic (exact) mass is 498 g/mol. The Morgan fingerprint density at radius 2 is 1.59 bits per heavy atom. The summed E-state index contributed by atoms with van der Waals surface area (Å²) in [4.78, 5) is 34.3. The molecule has 2 aliphatic rings. The normalized spacial score (nSPS) is 16.2. The quantitative estimate of drug-likeness (QED) is 0.490. The van der Waals surface area contributed by atoms with Crippen molar-refractivity contribution in [2.75, 3.05) is 56.2 Å². The van der Waals surface area contributed by atoms with Gasteiger partial charge in [-0.05, 0) is 55.3 Å². The number of hydrogen-bond donors (Lipinski definition) is 0. The maximum absolute atomic E-state index is 13.2. The standard InChI is InChI=1S/C30H34N4O3/c1-23-6-3-7-24(20-23)22-33-14-5-15-34(30(33)36)26-12-10-25(11-13-26)29(35)32-18-16-31(17-19-32)27-8-4-9-28(21-27)37-2/h3-4,6-13,20-21H,5,14-19,22H2,1-2H3. The predicted octanol–water partition coefficient (Wildman–Crippen LogP) is 4.80. The molecule has 7 heteroatoms. The van der Waals surface area contributed by atoms with Gasteiger partial charge in [0.25, 0.3) is 5.91 Å². The molecule has 192 valence electrons. The summed E-state index contributed by atoms with van der Waals surface area (Å²) < 4.78 is 5.34. The SMILES string of the molecule is COc1cccc(N2CCN(C(=O)c3ccc(N4CCCN(Cc5cccc(C)c5)C4=O)cc3)CC2)c1. The number of amides is 3. The summed E-state index contributed by atoms with van der Waals surface area (Å²) in [7, 11) is 1.67. The molecule has 7 nitrogen and oxygen atoms in total. The van der Waals surface area contributed by atoms with Gasteiger partial charge in [-0.2, -0.15) is 0 Å². The van der Waals surface area contributed by atoms with E-state index < -0.39 is 0 Å². The summed E-state index contributed by atoms with van der Waals surface area (Å²) in [5.41, 5.74) is 4.93. The molecule has 0 unspecified atom stereocenters. The van der Waals surface area contributed by atoms with Crippen molar-refractivity contribution in [2.45, 2.75) is 19.9 Å². The fraction of sp³-hybridized carbons (Fsp3) is 0.333. The van der Waals surface area contributed by atoms with E-state index in [1.807, 2.05) is 63.2 Å². The molecule has 3 aromatic rings. The molecule has 2 saturated heterocycles. The average Bonchev–Trinajstić information content (AvgIpc) is 2.94. The number of piperazine rings is 1. The smallest absolute Gasteiger partial charge is 0.324 e. The minimum Gasteiger partial charge on any atom is -0.497 e. The van der Waals surface area contributed by atoms with Crippen LogP contribution in [0.3, 0.4) is 0 Å². The molecule has 0 saturated carbocycles. The molecule has 2 aliphatic heterocycles. The number of urea groups is 1. The van der Waals surface area contributed by atoms with Crippen LogP contribution in [0.25, 0.3) is 0 Å². The Kier molecular flexibility index (Phi) is 7.30. The van der Waals surface area contributed by atoms with Crippen LogP contribution in [0.1, 0.15) is 27.9 Å². The minimum absolute atomic E-state index is 0.0143. The van der Waals surface area contributed by atoms with E-state index in [1.165, 1.54) is 5.56 Å². The van der Waals surface area contributed by atoms with Crippen molar-refractivity contribution in [3.8, 4) is 5.75 Å². The summed E-state index contributed by atoms with van der Waals surface area (Å²) >= 11 is 0. The lowest BCUT2D eigenvalue weighted by molar-refractivity contribution is 0.0747. The molecular weight excluding hydrogens is 464 g/mol. The molecule has 0 bridgehead atoms. The van der Waals surface area contributed by atoms with Gasteiger partial charge in [-0.15, -0.1) is 0 Å². The summed E-state index contributed by atoms with van der Waals surface area (Å²) in [6.45, 7) is 6.98. The van der Waals surface area contributed by atoms with Gasteiger partial charge in [-0.1, -0.05) is 35.9 Å². The molecular formula is C30H34N4O3. The lowest BCUT2D eigenvalue weighted by Crippen LogP contribution is -2.49. The third-order valence-electron chi connectivity index (χ3n) is 7.18. The highest BCUT2D eigenvalue weighted by molar-refractivity contribution is 5.96. The summed E-state index contributed by atoms with van der Waals surface area (Å²) in [6, 6.07) is 23.8. The first-order chi connectivity index (χ1) is 18.0. The molecule has 37 heavy (non-hydrogen) atoms. The van der Waals surface area contributed by atoms with Gasteiger partial charge in [0.05, 0.1) is 7.11 Å². The number of hydrogen-bond acceptors (Lipinski definition) is 4. The fourth-order valence-electron chi connectivity index (χ4n) is 5.14. The molecule has 0 aromatic heterocycles. The summed E-state index contributed by atoms with van der Waals surface area (Å²) in [6.07, 6.45) is 0.913. The number of aryl methyl sites for hydroxylation is 1. The van der Waals surface area contributed by atoms with Crippen molar-refractivity contribution in [3.05, 3.63) is 89.5 Å². The van der Waals surface area contributed by atoms with Crippen molar-refractivity contribution >= 4 is 23.3 Å². The fourth-order valence-corrected chi connectivity index (χ4v) is 5.14. The number of benzene rings is 3. The van der Waals surface area contributed by atoms with E-state index in [1.54, 1.807) is 7.11 Å². The third kappa shape index (κ3) is 5.56. The van der Waals surface area contributed by atoms with Gasteiger partial charge < -0.3 is 19.4 Å². The van der Waals surface area contributed by atoms with E-state index in [4.69, 9.17) is 4.74 Å². The lowest BCUT2D eigenvalue weighted by atomic mass is 10.1. The molecule has 5 rings (SSSR count). The topological polar surface area (TPSA) is 56.3 Å². The number of ether oxygens (including phenoxy) is 1. The molecule has 0 aliphatic carbocycles. The van der Waals surface area contributed by atoms with Gasteiger partial charge in [-0.3, -0.25) is 9.69 Å². The maximum Gasteiger partial charge on any atom is 0.324 e. The highest BCUT2D eigenvalue weighted by Gasteiger charge is 2.28. The zero-order valence-electron chi connectivity index (χ0n) is 21.6. The number of rotatable bonds is 6. The molecule has 0 spiro atoms. The first kappa shape index (κ1) is 24.7. The van der Waals surface area contributed by atoms with Crippen LogP contribution in [0.5, 0.6) is 5.75 Å². The van der Waals surface area contributed by atoms with Gasteiger partial charge >= 0.3 is 6.03 Å². The predicted molar refractivity (Wildman–Crippen MR) is 147 cm³/mol. The number of carbonyl (C=O) groups is 2. The molecule has 2 fully saturated rings. The van der Waals surface area contributed by atoms with Crippen LogP contribution >= 0.6 is 0 Å². The zero-order chi connectivity index (χ0) is 25.8. The van der Waals surface area contributed by atoms with Crippen molar-refractivity contribution < 1.29 is 14.3 Å². The van der Waals surface area contributed by atoms with Gasteiger partial charge in [0.1, 0.15) is 5.75 Å². The number of carbonyl (C=O) groups excluding carboxylic acids is 2. The molecule has 2 heterocycles. The second-order valence-electron chi connectivity index (χ2n) is 9.73. The molecule has 3 amide bonds. The van der Waals surface area contributed by atoms with Gasteiger partial charge in [0, 0.05) is 68.8 Å². The molecule has 0 radical (unpaired) electrons. The summed E-state index contributed by atoms with van der Waals surface area (Å²) in [5.74, 6) is 0.865. The Labute approximate surface area is 218 Å². The summed E-state index contributed by atoms with van der Waals surface area (Å²) in [5, 5.41) is 0. The van der Waals surface area contributed by atoms with E-state index >= 15 is 0 Å². The number of nitrogens with zero attached hydrogens (tertiary/aromatic N) is 4. The highest BCUT2D eigenvalue weighted by Crippen LogP contribution is 2.25. The second-order valence-corrected chi connectivity index (χ2v) is 9.73. The molecule has 3 aromatic carbocycles. The van der Waals surface area contributed by atoms with Crippen LogP contribution in [-0.4, -0.2) is 68.1 Å². The van der Waals surface area contributed by atoms with E-state index in [-0.39, 0.29) is 11.9 Å². The highest BCUT2D eigenvalue weighted by atomic mass is 16.5. The molecule has 0 atom stereocenters. The first-order valence-electron chi connectivity index (χ1n) is 12.9. The lowest BCUT2D eigenvalue weighted by Gasteiger charge is -2.36. The number of methoxy groups -OCH3 is 1. The number of anilines is 2. The van der Waals surface area contributed by atoms with Crippen LogP contribution < -0.4 is 14.5 Å². The van der Waals surface area contributed by atoms with E-state index in [2.05, 4.69) is 36.1 Å². The van der Waals surface area contributed by atoms with Crippen molar-refractivity contribution in [1.29, 1.82) is 0 Å². The van der Waals surface area contributed by atoms with Crippen LogP contribution in [0.4, 0.5) is 16.2 Å². The van der Waals surface area contributed by atoms with Crippen LogP contribution in [0, 0.1) is 6.92 Å². The van der Waals surface area contributed by atoms with Crippen molar-refractivity contribution in [2.24, 2.45) is 0 Å². The Morgan fingerprint density at radius 1 is 0.838 bits per heavy atom. The largest absolute Gasteiger partial charge is 0.497 e. The van der Waals surface area contributed by atoms with Crippen LogP contribution in [-0.2, 0) is 6.54 Å². The van der Waals surface area contributed by atoms with Crippen molar-refractivity contribution in [3.63, 3.8) is 0 Å². The average molecular weight is 499 g/mol. The van der Waals surface area contributed by atoms with E-state index in [0.717, 1.165) is 48.7 Å². The zero-order valence-corrected chi connectivity index (χ0v) is 21.6. The van der Waals surface area contributed by atoms with Crippen LogP contribution in [0.2, 0.25) is 0 Å². The van der Waals surface area contributed by atoms with E-state index in [0.29, 0.717) is 31.7 Å². The Hall–Kier alpha value is -4.00. The Balaban J connectivity index is 1.19. The second kappa shape index (κ2) is 10.9. The molecule has 0 N–H and O–H groups in total. The Bertz CT molecular complexity index is 1250. The Morgan fingerprint density at radius 3 is 2.32 bits per heavy atom. The van der Waals surface area contributed by atoms with Gasteiger partial charge in [-0.25, -0.2) is 4.79 Å². The minimum atomic E-state index is 0.0143. The third-order valence-corrected chi connectivity index (χ3v) is 7.18. The van der Waals surface area contributed by atoms with Gasteiger partial charge in [0.15, 0.2) is 0 Å². The van der Waals surface area contributed by atoms with E-state index in [9.17, 15) is 9.59 Å². The van der Waals surface area contributed by atoms with Gasteiger partial charge in [0.2, 0.25) is 0 Å². The van der Waals surface area contributed by atoms with Crippen molar-refractivity contribution in [1.82, 2.24) is 9.80 Å². The maximum atomic E-state index is 13.2.